The number of nitrogens with zero attached hydrogens (tertiary/aromatic N) is 4. The van der Waals surface area contributed by atoms with Crippen molar-refractivity contribution in [3.8, 4) is 0 Å². The van der Waals surface area contributed by atoms with E-state index in [1.165, 1.54) is 44.3 Å². The lowest BCUT2D eigenvalue weighted by molar-refractivity contribution is 0.474. The maximum Gasteiger partial charge on any atom is 0.329 e. The number of rotatable bonds is 0. The third-order valence-corrected chi connectivity index (χ3v) is 13.6. The second-order valence-electron chi connectivity index (χ2n) is 11.2. The van der Waals surface area contributed by atoms with Gasteiger partial charge in [-0.25, -0.2) is 9.59 Å². The average Bonchev–Trinajstić information content (AvgIpc) is 3.40. The second kappa shape index (κ2) is 9.21. The van der Waals surface area contributed by atoms with E-state index in [1.807, 2.05) is 18.3 Å². The molecule has 6 heterocycles. The first-order chi connectivity index (χ1) is 18.2. The summed E-state index contributed by atoms with van der Waals surface area (Å²) in [5.41, 5.74) is 10.2. The van der Waals surface area contributed by atoms with E-state index < -0.39 is 0 Å². The summed E-state index contributed by atoms with van der Waals surface area (Å²) in [5, 5.41) is 0. The lowest BCUT2D eigenvalue weighted by Crippen LogP contribution is -2.28. The molecule has 4 aliphatic rings. The van der Waals surface area contributed by atoms with E-state index in [1.54, 1.807) is 0 Å². The zero-order chi connectivity index (χ0) is 26.6. The van der Waals surface area contributed by atoms with Crippen molar-refractivity contribution < 1.29 is 0 Å². The highest BCUT2D eigenvalue weighted by Crippen LogP contribution is 2.44. The van der Waals surface area contributed by atoms with Crippen molar-refractivity contribution in [2.24, 2.45) is 0 Å². The van der Waals surface area contributed by atoms with Crippen LogP contribution in [0.3, 0.4) is 0 Å². The fourth-order valence-corrected chi connectivity index (χ4v) is 9.70. The van der Waals surface area contributed by atoms with Crippen molar-refractivity contribution in [2.75, 3.05) is 0 Å². The summed E-state index contributed by atoms with van der Waals surface area (Å²) in [6, 6.07) is 0.616. The molecule has 0 spiro atoms. The van der Waals surface area contributed by atoms with Crippen LogP contribution in [-0.4, -0.2) is 18.3 Å². The number of benzene rings is 2. The lowest BCUT2D eigenvalue weighted by Gasteiger charge is -2.24. The molecule has 0 bridgehead atoms. The van der Waals surface area contributed by atoms with Crippen molar-refractivity contribution in [1.29, 1.82) is 0 Å². The van der Waals surface area contributed by atoms with Gasteiger partial charge in [-0.15, -0.1) is 0 Å². The number of aryl methyl sites for hydroxylation is 6. The van der Waals surface area contributed by atoms with Gasteiger partial charge in [-0.2, -0.15) is 0 Å². The topological polar surface area (TPSA) is 53.9 Å². The quantitative estimate of drug-likeness (QED) is 0.186. The fourth-order valence-electron chi connectivity index (χ4n) is 7.20. The minimum absolute atomic E-state index is 0.175. The van der Waals surface area contributed by atoms with Crippen molar-refractivity contribution in [3.63, 3.8) is 0 Å². The molecule has 2 atom stereocenters. The van der Waals surface area contributed by atoms with Crippen LogP contribution in [0.4, 0.5) is 0 Å². The highest BCUT2D eigenvalue weighted by atomic mass is 79.9. The minimum atomic E-state index is 0.175. The monoisotopic (exact) mass is 768 g/mol. The second-order valence-corrected chi connectivity index (χ2v) is 14.3. The van der Waals surface area contributed by atoms with Gasteiger partial charge < -0.3 is 0 Å². The van der Waals surface area contributed by atoms with E-state index in [-0.39, 0.29) is 11.4 Å². The Balaban J connectivity index is 0.000000127. The first kappa shape index (κ1) is 25.8. The van der Waals surface area contributed by atoms with Crippen LogP contribution in [0.1, 0.15) is 73.9 Å². The molecular formula is C28H28Br4N4O2. The molecule has 0 radical (unpaired) electrons. The molecule has 2 aromatic heterocycles. The molecule has 10 heteroatoms. The maximum atomic E-state index is 12.7. The van der Waals surface area contributed by atoms with E-state index in [0.717, 1.165) is 82.3 Å². The van der Waals surface area contributed by atoms with Gasteiger partial charge >= 0.3 is 11.4 Å². The Morgan fingerprint density at radius 3 is 1.26 bits per heavy atom. The fraction of sp³-hybridized carbons (Fsp3) is 0.500. The van der Waals surface area contributed by atoms with E-state index >= 15 is 0 Å². The summed E-state index contributed by atoms with van der Waals surface area (Å²) in [5.74, 6) is 0. The number of hydrogen-bond donors (Lipinski definition) is 0. The number of hydrogen-bond acceptors (Lipinski definition) is 2. The van der Waals surface area contributed by atoms with Gasteiger partial charge in [0.2, 0.25) is 0 Å². The Labute approximate surface area is 253 Å². The van der Waals surface area contributed by atoms with Gasteiger partial charge in [0, 0.05) is 43.1 Å². The molecule has 8 rings (SSSR count). The summed E-state index contributed by atoms with van der Waals surface area (Å²) in [6.07, 6.45) is 8.35. The number of halogens is 4. The molecule has 0 saturated carbocycles. The predicted molar refractivity (Wildman–Crippen MR) is 166 cm³/mol. The Hall–Kier alpha value is -1.10. The predicted octanol–water partition coefficient (Wildman–Crippen LogP) is 7.56. The zero-order valence-electron chi connectivity index (χ0n) is 21.3. The van der Waals surface area contributed by atoms with Crippen LogP contribution in [-0.2, 0) is 38.8 Å². The molecule has 0 saturated heterocycles. The van der Waals surface area contributed by atoms with Crippen molar-refractivity contribution in [1.82, 2.24) is 18.3 Å². The summed E-state index contributed by atoms with van der Waals surface area (Å²) in [7, 11) is 0. The zero-order valence-corrected chi connectivity index (χ0v) is 27.7. The van der Waals surface area contributed by atoms with E-state index in [4.69, 9.17) is 0 Å². The first-order valence-electron chi connectivity index (χ1n) is 13.5. The molecule has 4 aromatic rings. The molecule has 38 heavy (non-hydrogen) atoms. The highest BCUT2D eigenvalue weighted by Gasteiger charge is 2.32. The van der Waals surface area contributed by atoms with E-state index in [2.05, 4.69) is 77.6 Å². The Bertz CT molecular complexity index is 1680. The maximum absolute atomic E-state index is 12.7. The van der Waals surface area contributed by atoms with E-state index in [0.29, 0.717) is 12.1 Å². The van der Waals surface area contributed by atoms with Gasteiger partial charge in [-0.3, -0.25) is 18.3 Å². The molecule has 6 nitrogen and oxygen atoms in total. The Morgan fingerprint density at radius 1 is 0.553 bits per heavy atom. The molecule has 0 fully saturated rings. The standard InChI is InChI=1S/2C14H14Br2N2O/c2*1-7-4-5-9-11(16)10(15)8-3-2-6-17-12(8)13(9)18(7)14(17)19/h2*7H,2-6H2,1H3/t2*7-/m00/s1. The third kappa shape index (κ3) is 3.38. The van der Waals surface area contributed by atoms with Gasteiger partial charge in [0.05, 0.1) is 22.1 Å². The van der Waals surface area contributed by atoms with Crippen LogP contribution in [0.2, 0.25) is 0 Å². The smallest absolute Gasteiger partial charge is 0.292 e. The van der Waals surface area contributed by atoms with Crippen molar-refractivity contribution in [2.45, 2.75) is 90.4 Å². The lowest BCUT2D eigenvalue weighted by atomic mass is 9.95. The molecule has 4 aliphatic heterocycles. The Morgan fingerprint density at radius 2 is 0.895 bits per heavy atom. The van der Waals surface area contributed by atoms with Crippen molar-refractivity contribution >= 4 is 85.8 Å². The third-order valence-electron chi connectivity index (χ3n) is 9.06. The Kier molecular flexibility index (Phi) is 6.26. The highest BCUT2D eigenvalue weighted by molar-refractivity contribution is 9.13. The molecule has 200 valence electrons. The summed E-state index contributed by atoms with van der Waals surface area (Å²) in [4.78, 5) is 25.3. The van der Waals surface area contributed by atoms with Crippen LogP contribution in [0, 0.1) is 0 Å². The molecular weight excluding hydrogens is 744 g/mol. The minimum Gasteiger partial charge on any atom is -0.292 e. The number of imidazole rings is 2. The summed E-state index contributed by atoms with van der Waals surface area (Å²) < 4.78 is 12.6. The molecule has 0 amide bonds. The van der Waals surface area contributed by atoms with E-state index in [9.17, 15) is 9.59 Å². The van der Waals surface area contributed by atoms with Crippen molar-refractivity contribution in [3.05, 3.63) is 61.1 Å². The van der Waals surface area contributed by atoms with Gasteiger partial charge in [0.15, 0.2) is 0 Å². The SMILES string of the molecule is C[C@H]1CCc2c(Br)c(Br)c3c4c2n1c(=O)n4CCC3.C[C@H]1CCc2c(Br)c(Br)c3c4c2n1c(=O)n4CCC3. The summed E-state index contributed by atoms with van der Waals surface area (Å²) >= 11 is 14.9. The normalized spacial score (nSPS) is 21.1. The number of aromatic nitrogens is 4. The van der Waals surface area contributed by atoms with Crippen LogP contribution >= 0.6 is 63.7 Å². The van der Waals surface area contributed by atoms with Gasteiger partial charge in [0.1, 0.15) is 0 Å². The molecule has 0 unspecified atom stereocenters. The van der Waals surface area contributed by atoms with Gasteiger partial charge in [0.25, 0.3) is 0 Å². The van der Waals surface area contributed by atoms with Gasteiger partial charge in [-0.1, -0.05) is 0 Å². The van der Waals surface area contributed by atoms with Crippen LogP contribution in [0.15, 0.2) is 27.5 Å². The van der Waals surface area contributed by atoms with Crippen LogP contribution < -0.4 is 11.4 Å². The molecule has 2 aromatic carbocycles. The van der Waals surface area contributed by atoms with Crippen LogP contribution in [0.5, 0.6) is 0 Å². The summed E-state index contributed by atoms with van der Waals surface area (Å²) in [6.45, 7) is 6.02. The largest absolute Gasteiger partial charge is 0.329 e. The van der Waals surface area contributed by atoms with Gasteiger partial charge in [-0.05, 0) is 151 Å². The van der Waals surface area contributed by atoms with Crippen LogP contribution in [0.25, 0.3) is 22.1 Å². The first-order valence-corrected chi connectivity index (χ1v) is 16.7. The average molecular weight is 772 g/mol. The molecule has 0 N–H and O–H groups in total. The molecule has 0 aliphatic carbocycles.